The summed E-state index contributed by atoms with van der Waals surface area (Å²) in [4.78, 5) is 21.6. The highest BCUT2D eigenvalue weighted by Gasteiger charge is 2.39. The summed E-state index contributed by atoms with van der Waals surface area (Å²) in [6, 6.07) is 0. The van der Waals surface area contributed by atoms with Crippen molar-refractivity contribution in [1.29, 1.82) is 0 Å². The Morgan fingerprint density at radius 2 is 2.00 bits per heavy atom. The van der Waals surface area contributed by atoms with Gasteiger partial charge in [0.1, 0.15) is 0 Å². The molecule has 1 fully saturated rings. The first-order valence-electron chi connectivity index (χ1n) is 5.40. The lowest BCUT2D eigenvalue weighted by Gasteiger charge is -2.38. The van der Waals surface area contributed by atoms with Crippen LogP contribution in [0.4, 0.5) is 0 Å². The van der Waals surface area contributed by atoms with Crippen molar-refractivity contribution in [3.05, 3.63) is 0 Å². The fraction of sp³-hybridized carbons (Fsp3) is 0.818. The Kier molecular flexibility index (Phi) is 3.91. The van der Waals surface area contributed by atoms with Crippen LogP contribution in [0.25, 0.3) is 0 Å². The standard InChI is InChI=1S/C11H18O5/c1-11(2)5-8(10(14)15)7(6-16-11)3-4-9(12)13/h7-8H,3-6H2,1-2H3,(H,12,13)(H,14,15)/t7-,8-/m1/s1. The Hall–Kier alpha value is -1.10. The van der Waals surface area contributed by atoms with Crippen molar-refractivity contribution in [2.75, 3.05) is 6.61 Å². The Balaban J connectivity index is 2.62. The summed E-state index contributed by atoms with van der Waals surface area (Å²) >= 11 is 0. The topological polar surface area (TPSA) is 83.8 Å². The molecule has 0 aromatic heterocycles. The van der Waals surface area contributed by atoms with Gasteiger partial charge in [0.15, 0.2) is 0 Å². The van der Waals surface area contributed by atoms with Crippen LogP contribution in [-0.4, -0.2) is 34.4 Å². The van der Waals surface area contributed by atoms with Crippen LogP contribution in [-0.2, 0) is 14.3 Å². The molecule has 1 aliphatic rings. The average molecular weight is 230 g/mol. The molecule has 2 atom stereocenters. The minimum atomic E-state index is -0.894. The second-order valence-electron chi connectivity index (χ2n) is 4.91. The van der Waals surface area contributed by atoms with Crippen molar-refractivity contribution < 1.29 is 24.5 Å². The van der Waals surface area contributed by atoms with E-state index in [1.807, 2.05) is 13.8 Å². The maximum Gasteiger partial charge on any atom is 0.306 e. The molecule has 0 aliphatic carbocycles. The van der Waals surface area contributed by atoms with E-state index in [0.717, 1.165) is 0 Å². The Labute approximate surface area is 94.4 Å². The normalized spacial score (nSPS) is 28.6. The fourth-order valence-corrected chi connectivity index (χ4v) is 2.09. The zero-order valence-electron chi connectivity index (χ0n) is 9.60. The van der Waals surface area contributed by atoms with Gasteiger partial charge in [0.25, 0.3) is 0 Å². The molecule has 16 heavy (non-hydrogen) atoms. The first kappa shape index (κ1) is 13.0. The Morgan fingerprint density at radius 1 is 1.38 bits per heavy atom. The number of carboxylic acids is 2. The van der Waals surface area contributed by atoms with E-state index >= 15 is 0 Å². The summed E-state index contributed by atoms with van der Waals surface area (Å²) in [5.41, 5.74) is -0.428. The van der Waals surface area contributed by atoms with E-state index in [1.54, 1.807) is 0 Å². The smallest absolute Gasteiger partial charge is 0.306 e. The molecule has 1 aliphatic heterocycles. The lowest BCUT2D eigenvalue weighted by molar-refractivity contribution is -0.161. The number of rotatable bonds is 4. The molecule has 0 radical (unpaired) electrons. The summed E-state index contributed by atoms with van der Waals surface area (Å²) in [5, 5.41) is 17.7. The molecule has 0 aromatic carbocycles. The second-order valence-corrected chi connectivity index (χ2v) is 4.91. The molecule has 5 nitrogen and oxygen atoms in total. The van der Waals surface area contributed by atoms with Crippen LogP contribution in [0.3, 0.4) is 0 Å². The highest BCUT2D eigenvalue weighted by molar-refractivity contribution is 5.71. The number of carboxylic acid groups (broad SMARTS) is 2. The van der Waals surface area contributed by atoms with Gasteiger partial charge in [-0.15, -0.1) is 0 Å². The molecule has 0 bridgehead atoms. The molecular weight excluding hydrogens is 212 g/mol. The minimum Gasteiger partial charge on any atom is -0.481 e. The van der Waals surface area contributed by atoms with E-state index in [9.17, 15) is 9.59 Å². The molecule has 0 spiro atoms. The fourth-order valence-electron chi connectivity index (χ4n) is 2.09. The van der Waals surface area contributed by atoms with Crippen molar-refractivity contribution in [2.45, 2.75) is 38.7 Å². The van der Waals surface area contributed by atoms with Crippen molar-refractivity contribution in [2.24, 2.45) is 11.8 Å². The highest BCUT2D eigenvalue weighted by Crippen LogP contribution is 2.34. The molecule has 0 amide bonds. The molecule has 0 unspecified atom stereocenters. The zero-order valence-corrected chi connectivity index (χ0v) is 9.60. The molecule has 1 rings (SSSR count). The van der Waals surface area contributed by atoms with Crippen LogP contribution in [0, 0.1) is 11.8 Å². The minimum absolute atomic E-state index is 0.00175. The Morgan fingerprint density at radius 3 is 2.50 bits per heavy atom. The van der Waals surface area contributed by atoms with Gasteiger partial charge in [-0.2, -0.15) is 0 Å². The van der Waals surface area contributed by atoms with Crippen LogP contribution in [0.5, 0.6) is 0 Å². The first-order chi connectivity index (χ1) is 7.32. The van der Waals surface area contributed by atoms with Crippen LogP contribution in [0.1, 0.15) is 33.1 Å². The predicted molar refractivity (Wildman–Crippen MR) is 56.1 cm³/mol. The maximum atomic E-state index is 11.1. The number of hydrogen-bond acceptors (Lipinski definition) is 3. The number of aliphatic carboxylic acids is 2. The predicted octanol–water partition coefficient (Wildman–Crippen LogP) is 1.37. The van der Waals surface area contributed by atoms with Crippen LogP contribution in [0.2, 0.25) is 0 Å². The number of ether oxygens (including phenoxy) is 1. The van der Waals surface area contributed by atoms with Crippen molar-refractivity contribution in [3.63, 3.8) is 0 Å². The average Bonchev–Trinajstić information content (AvgIpc) is 2.14. The molecule has 0 aromatic rings. The third-order valence-electron chi connectivity index (χ3n) is 3.01. The third-order valence-corrected chi connectivity index (χ3v) is 3.01. The zero-order chi connectivity index (χ0) is 12.3. The summed E-state index contributed by atoms with van der Waals surface area (Å²) in [7, 11) is 0. The molecule has 92 valence electrons. The van der Waals surface area contributed by atoms with Crippen LogP contribution in [0.15, 0.2) is 0 Å². The summed E-state index contributed by atoms with van der Waals surface area (Å²) in [5.74, 6) is -2.44. The van der Waals surface area contributed by atoms with E-state index in [-0.39, 0.29) is 12.3 Å². The Bertz CT molecular complexity index is 284. The van der Waals surface area contributed by atoms with Gasteiger partial charge in [-0.25, -0.2) is 0 Å². The molecule has 0 saturated carbocycles. The summed E-state index contributed by atoms with van der Waals surface area (Å²) < 4.78 is 5.53. The lowest BCUT2D eigenvalue weighted by Crippen LogP contribution is -2.43. The van der Waals surface area contributed by atoms with Gasteiger partial charge in [0.05, 0.1) is 18.1 Å². The largest absolute Gasteiger partial charge is 0.481 e. The SMILES string of the molecule is CC1(C)C[C@@H](C(=O)O)[C@H](CCC(=O)O)CO1. The monoisotopic (exact) mass is 230 g/mol. The molecular formula is C11H18O5. The molecule has 5 heteroatoms. The van der Waals surface area contributed by atoms with E-state index < -0.39 is 23.5 Å². The van der Waals surface area contributed by atoms with Gasteiger partial charge < -0.3 is 14.9 Å². The van der Waals surface area contributed by atoms with Crippen molar-refractivity contribution in [3.8, 4) is 0 Å². The van der Waals surface area contributed by atoms with Gasteiger partial charge in [-0.3, -0.25) is 9.59 Å². The van der Waals surface area contributed by atoms with Crippen molar-refractivity contribution >= 4 is 11.9 Å². The van der Waals surface area contributed by atoms with Gasteiger partial charge >= 0.3 is 11.9 Å². The van der Waals surface area contributed by atoms with E-state index in [2.05, 4.69) is 0 Å². The quantitative estimate of drug-likeness (QED) is 0.762. The number of carbonyl (C=O) groups is 2. The van der Waals surface area contributed by atoms with Gasteiger partial charge in [0.2, 0.25) is 0 Å². The second kappa shape index (κ2) is 4.82. The van der Waals surface area contributed by atoms with Gasteiger partial charge in [0, 0.05) is 6.42 Å². The molecule has 1 saturated heterocycles. The van der Waals surface area contributed by atoms with E-state index in [1.165, 1.54) is 0 Å². The number of hydrogen-bond donors (Lipinski definition) is 2. The lowest BCUT2D eigenvalue weighted by atomic mass is 9.79. The van der Waals surface area contributed by atoms with E-state index in [4.69, 9.17) is 14.9 Å². The first-order valence-corrected chi connectivity index (χ1v) is 5.40. The van der Waals surface area contributed by atoms with Crippen molar-refractivity contribution in [1.82, 2.24) is 0 Å². The molecule has 1 heterocycles. The summed E-state index contributed by atoms with van der Waals surface area (Å²) in [6.07, 6.45) is 0.799. The van der Waals surface area contributed by atoms with Crippen LogP contribution < -0.4 is 0 Å². The van der Waals surface area contributed by atoms with Crippen LogP contribution >= 0.6 is 0 Å². The third kappa shape index (κ3) is 3.48. The highest BCUT2D eigenvalue weighted by atomic mass is 16.5. The van der Waals surface area contributed by atoms with Gasteiger partial charge in [-0.05, 0) is 32.6 Å². The maximum absolute atomic E-state index is 11.1. The van der Waals surface area contributed by atoms with E-state index in [0.29, 0.717) is 19.4 Å². The summed E-state index contributed by atoms with van der Waals surface area (Å²) in [6.45, 7) is 4.05. The van der Waals surface area contributed by atoms with Gasteiger partial charge in [-0.1, -0.05) is 0 Å². The molecule has 2 N–H and O–H groups in total.